The van der Waals surface area contributed by atoms with Gasteiger partial charge in [0.05, 0.1) is 16.1 Å². The van der Waals surface area contributed by atoms with Crippen molar-refractivity contribution >= 4 is 58.0 Å². The number of hydrogen-bond donors (Lipinski definition) is 1. The van der Waals surface area contributed by atoms with E-state index in [2.05, 4.69) is 11.7 Å². The second kappa shape index (κ2) is 11.1. The first-order chi connectivity index (χ1) is 19.2. The zero-order valence-electron chi connectivity index (χ0n) is 20.9. The van der Waals surface area contributed by atoms with Crippen LogP contribution in [-0.4, -0.2) is 50.6 Å². The molecule has 0 spiro atoms. The molecule has 5 rings (SSSR count). The van der Waals surface area contributed by atoms with Gasteiger partial charge in [-0.25, -0.2) is 9.18 Å². The SMILES string of the molecule is C=CC(=O)N1CCC(c2onc(-c3c(F)cc(Cl)cc3Cl)c2C(=O)n2ccc3c(/C=C/C(=O)O)cccc32)CC1. The van der Waals surface area contributed by atoms with E-state index in [-0.39, 0.29) is 44.5 Å². The monoisotopic (exact) mass is 581 g/mol. The van der Waals surface area contributed by atoms with Gasteiger partial charge in [-0.15, -0.1) is 0 Å². The molecule has 1 aliphatic heterocycles. The summed E-state index contributed by atoms with van der Waals surface area (Å²) in [5, 5.41) is 13.8. The smallest absolute Gasteiger partial charge is 0.328 e. The Morgan fingerprint density at radius 3 is 2.58 bits per heavy atom. The van der Waals surface area contributed by atoms with Crippen molar-refractivity contribution in [2.45, 2.75) is 18.8 Å². The Bertz CT molecular complexity index is 1680. The third-order valence-electron chi connectivity index (χ3n) is 6.92. The number of likely N-dealkylation sites (tertiary alicyclic amines) is 1. The van der Waals surface area contributed by atoms with Gasteiger partial charge in [-0.2, -0.15) is 0 Å². The average Bonchev–Trinajstić information content (AvgIpc) is 3.56. The Kier molecular flexibility index (Phi) is 7.60. The van der Waals surface area contributed by atoms with E-state index >= 15 is 4.39 Å². The van der Waals surface area contributed by atoms with E-state index in [0.717, 1.165) is 12.1 Å². The summed E-state index contributed by atoms with van der Waals surface area (Å²) in [4.78, 5) is 39.0. The number of hydrogen-bond acceptors (Lipinski definition) is 5. The Hall–Kier alpha value is -4.21. The number of benzene rings is 2. The molecule has 0 bridgehead atoms. The number of carbonyl (C=O) groups excluding carboxylic acids is 2. The van der Waals surface area contributed by atoms with E-state index in [1.165, 1.54) is 22.8 Å². The van der Waals surface area contributed by atoms with Gasteiger partial charge in [-0.3, -0.25) is 14.2 Å². The number of carbonyl (C=O) groups is 3. The summed E-state index contributed by atoms with van der Waals surface area (Å²) in [5.74, 6) is -2.60. The van der Waals surface area contributed by atoms with Gasteiger partial charge in [0.1, 0.15) is 17.1 Å². The minimum absolute atomic E-state index is 0.0382. The molecule has 11 heteroatoms. The number of carboxylic acids is 1. The van der Waals surface area contributed by atoms with Crippen LogP contribution in [-0.2, 0) is 9.59 Å². The Balaban J connectivity index is 1.64. The van der Waals surface area contributed by atoms with Gasteiger partial charge in [-0.05, 0) is 54.8 Å². The van der Waals surface area contributed by atoms with Crippen LogP contribution in [0.2, 0.25) is 10.0 Å². The van der Waals surface area contributed by atoms with E-state index in [9.17, 15) is 14.4 Å². The van der Waals surface area contributed by atoms with Crippen LogP contribution in [0.15, 0.2) is 65.8 Å². The van der Waals surface area contributed by atoms with Crippen molar-refractivity contribution < 1.29 is 28.4 Å². The predicted molar refractivity (Wildman–Crippen MR) is 149 cm³/mol. The quantitative estimate of drug-likeness (QED) is 0.263. The van der Waals surface area contributed by atoms with E-state index in [1.807, 2.05) is 0 Å². The van der Waals surface area contributed by atoms with Crippen molar-refractivity contribution in [1.29, 1.82) is 0 Å². The fourth-order valence-corrected chi connectivity index (χ4v) is 5.57. The molecule has 204 valence electrons. The number of nitrogens with zero attached hydrogens (tertiary/aromatic N) is 3. The third-order valence-corrected chi connectivity index (χ3v) is 7.44. The van der Waals surface area contributed by atoms with Crippen LogP contribution in [0.4, 0.5) is 4.39 Å². The molecule has 1 fully saturated rings. The first-order valence-corrected chi connectivity index (χ1v) is 13.1. The number of aliphatic carboxylic acids is 1. The van der Waals surface area contributed by atoms with Gasteiger partial charge in [0.15, 0.2) is 5.76 Å². The number of fused-ring (bicyclic) bond motifs is 1. The van der Waals surface area contributed by atoms with Gasteiger partial charge in [0, 0.05) is 41.7 Å². The van der Waals surface area contributed by atoms with Gasteiger partial charge in [0.25, 0.3) is 5.91 Å². The maximum Gasteiger partial charge on any atom is 0.328 e. The van der Waals surface area contributed by atoms with Crippen LogP contribution in [0, 0.1) is 5.82 Å². The number of rotatable bonds is 6. The number of amides is 1. The van der Waals surface area contributed by atoms with Crippen LogP contribution in [0.5, 0.6) is 0 Å². The van der Waals surface area contributed by atoms with Crippen molar-refractivity contribution in [2.75, 3.05) is 13.1 Å². The van der Waals surface area contributed by atoms with E-state index in [4.69, 9.17) is 32.8 Å². The second-order valence-corrected chi connectivity index (χ2v) is 10.1. The lowest BCUT2D eigenvalue weighted by Crippen LogP contribution is -2.37. The lowest BCUT2D eigenvalue weighted by molar-refractivity contribution is -0.131. The molecule has 3 heterocycles. The van der Waals surface area contributed by atoms with Crippen LogP contribution in [0.25, 0.3) is 28.2 Å². The van der Waals surface area contributed by atoms with Crippen molar-refractivity contribution in [2.24, 2.45) is 0 Å². The Labute approximate surface area is 237 Å². The van der Waals surface area contributed by atoms with Gasteiger partial charge < -0.3 is 14.5 Å². The molecule has 4 aromatic rings. The second-order valence-electron chi connectivity index (χ2n) is 9.26. The highest BCUT2D eigenvalue weighted by Gasteiger charge is 2.35. The fourth-order valence-electron chi connectivity index (χ4n) is 5.01. The molecule has 1 N–H and O–H groups in total. The molecule has 1 aliphatic rings. The largest absolute Gasteiger partial charge is 0.478 e. The lowest BCUT2D eigenvalue weighted by atomic mass is 9.90. The summed E-state index contributed by atoms with van der Waals surface area (Å²) in [7, 11) is 0. The lowest BCUT2D eigenvalue weighted by Gasteiger charge is -2.30. The fraction of sp³-hybridized carbons (Fsp3) is 0.172. The van der Waals surface area contributed by atoms with Crippen LogP contribution in [0.3, 0.4) is 0 Å². The van der Waals surface area contributed by atoms with E-state index in [0.29, 0.717) is 42.4 Å². The topological polar surface area (TPSA) is 106 Å². The first-order valence-electron chi connectivity index (χ1n) is 12.3. The highest BCUT2D eigenvalue weighted by Crippen LogP contribution is 2.40. The number of piperidine rings is 1. The summed E-state index contributed by atoms with van der Waals surface area (Å²) >= 11 is 12.4. The summed E-state index contributed by atoms with van der Waals surface area (Å²) in [6, 6.07) is 9.27. The molecule has 2 aromatic heterocycles. The van der Waals surface area contributed by atoms with E-state index < -0.39 is 17.7 Å². The van der Waals surface area contributed by atoms with Crippen molar-refractivity contribution in [1.82, 2.24) is 14.6 Å². The number of aromatic nitrogens is 2. The molecule has 0 unspecified atom stereocenters. The Morgan fingerprint density at radius 2 is 1.90 bits per heavy atom. The molecular weight excluding hydrogens is 560 g/mol. The Morgan fingerprint density at radius 1 is 1.15 bits per heavy atom. The van der Waals surface area contributed by atoms with Gasteiger partial charge >= 0.3 is 5.97 Å². The zero-order valence-corrected chi connectivity index (χ0v) is 22.5. The van der Waals surface area contributed by atoms with Crippen LogP contribution < -0.4 is 0 Å². The highest BCUT2D eigenvalue weighted by molar-refractivity contribution is 6.36. The molecular formula is C29H22Cl2FN3O5. The highest BCUT2D eigenvalue weighted by atomic mass is 35.5. The maximum atomic E-state index is 15.2. The number of halogens is 3. The molecule has 0 radical (unpaired) electrons. The molecule has 0 atom stereocenters. The minimum atomic E-state index is -1.10. The predicted octanol–water partition coefficient (Wildman–Crippen LogP) is 6.42. The first kappa shape index (κ1) is 27.4. The standard InChI is InChI=1S/C29H22Cl2FN3O5/c1-2-23(36)34-11-8-17(9-12-34)28-26(27(33-40-28)25-20(31)14-18(30)15-21(25)32)29(39)35-13-10-19-16(6-7-24(37)38)4-3-5-22(19)35/h2-7,10,13-15,17H,1,8-9,11-12H2,(H,37,38)/b7-6+. The summed E-state index contributed by atoms with van der Waals surface area (Å²) < 4.78 is 22.3. The average molecular weight is 582 g/mol. The molecule has 2 aromatic carbocycles. The molecule has 1 saturated heterocycles. The van der Waals surface area contributed by atoms with Gasteiger partial charge in [-0.1, -0.05) is 47.1 Å². The third kappa shape index (κ3) is 5.05. The van der Waals surface area contributed by atoms with Crippen LogP contribution >= 0.6 is 23.2 Å². The maximum absolute atomic E-state index is 15.2. The summed E-state index contributed by atoms with van der Waals surface area (Å²) in [6.45, 7) is 4.37. The molecule has 0 aliphatic carbocycles. The normalized spacial score (nSPS) is 14.2. The summed E-state index contributed by atoms with van der Waals surface area (Å²) in [6.07, 6.45) is 6.24. The molecule has 1 amide bonds. The van der Waals surface area contributed by atoms with Gasteiger partial charge in [0.2, 0.25) is 5.91 Å². The van der Waals surface area contributed by atoms with Crippen LogP contribution in [0.1, 0.15) is 40.4 Å². The molecule has 8 nitrogen and oxygen atoms in total. The number of carboxylic acid groups (broad SMARTS) is 1. The molecule has 40 heavy (non-hydrogen) atoms. The van der Waals surface area contributed by atoms with E-state index in [1.54, 1.807) is 35.4 Å². The summed E-state index contributed by atoms with van der Waals surface area (Å²) in [5.41, 5.74) is 0.964. The minimum Gasteiger partial charge on any atom is -0.478 e. The zero-order chi connectivity index (χ0) is 28.6. The van der Waals surface area contributed by atoms with Crippen molar-refractivity contribution in [3.8, 4) is 11.3 Å². The molecule has 0 saturated carbocycles. The van der Waals surface area contributed by atoms with Crippen molar-refractivity contribution in [3.63, 3.8) is 0 Å². The van der Waals surface area contributed by atoms with Crippen molar-refractivity contribution in [3.05, 3.63) is 94.1 Å².